The minimum absolute atomic E-state index is 0.0556. The minimum atomic E-state index is -0.764. The van der Waals surface area contributed by atoms with Crippen molar-refractivity contribution in [3.8, 4) is 0 Å². The quantitative estimate of drug-likeness (QED) is 0.0486. The summed E-state index contributed by atoms with van der Waals surface area (Å²) in [4.78, 5) is 24.5. The lowest BCUT2D eigenvalue weighted by molar-refractivity contribution is -0.161. The van der Waals surface area contributed by atoms with Gasteiger partial charge in [0.2, 0.25) is 0 Å². The lowest BCUT2D eigenvalue weighted by Crippen LogP contribution is -2.28. The Morgan fingerprint density at radius 2 is 0.470 bits per heavy atom. The molecule has 0 amide bonds. The van der Waals surface area contributed by atoms with Crippen LogP contribution in [0.5, 0.6) is 0 Å². The largest absolute Gasteiger partial charge is 0.462 e. The second-order valence-electron chi connectivity index (χ2n) is 21.2. The zero-order valence-electron chi connectivity index (χ0n) is 45.3. The van der Waals surface area contributed by atoms with Crippen molar-refractivity contribution in [2.75, 3.05) is 13.2 Å². The average Bonchev–Trinajstić information content (AvgIpc) is 3.32. The van der Waals surface area contributed by atoms with Gasteiger partial charge in [0.05, 0.1) is 6.61 Å². The lowest BCUT2D eigenvalue weighted by Gasteiger charge is -2.15. The molecule has 0 bridgehead atoms. The van der Waals surface area contributed by atoms with Gasteiger partial charge in [-0.15, -0.1) is 0 Å². The van der Waals surface area contributed by atoms with Crippen LogP contribution in [-0.2, 0) is 19.1 Å². The molecule has 0 aliphatic heterocycles. The van der Waals surface area contributed by atoms with E-state index in [-0.39, 0.29) is 25.2 Å². The van der Waals surface area contributed by atoms with Crippen molar-refractivity contribution in [1.82, 2.24) is 0 Å². The van der Waals surface area contributed by atoms with Crippen LogP contribution in [0, 0.1) is 0 Å². The molecule has 0 aromatic rings. The molecule has 0 radical (unpaired) electrons. The van der Waals surface area contributed by atoms with Gasteiger partial charge in [-0.05, 0) is 12.8 Å². The Hall–Kier alpha value is -1.10. The SMILES string of the molecule is CCCCCCCCCCCCCCCCCCCCCCCCCCCCCCCCCC(=O)OC(CO)COC(=O)CCCCCCCCCCCCCCCCCCCCCCC. The van der Waals surface area contributed by atoms with Gasteiger partial charge >= 0.3 is 11.9 Å². The second kappa shape index (κ2) is 58.2. The fourth-order valence-electron chi connectivity index (χ4n) is 9.80. The van der Waals surface area contributed by atoms with Gasteiger partial charge in [-0.3, -0.25) is 9.59 Å². The highest BCUT2D eigenvalue weighted by Crippen LogP contribution is 2.19. The fraction of sp³-hybridized carbons (Fsp3) is 0.967. The smallest absolute Gasteiger partial charge is 0.306 e. The Kier molecular flexibility index (Phi) is 57.2. The molecule has 0 aliphatic rings. The Bertz CT molecular complexity index is 921. The molecule has 1 unspecified atom stereocenters. The van der Waals surface area contributed by atoms with Crippen molar-refractivity contribution in [3.05, 3.63) is 0 Å². The summed E-state index contributed by atoms with van der Waals surface area (Å²) in [5, 5.41) is 9.66. The molecular formula is C61H120O5. The number of hydrogen-bond donors (Lipinski definition) is 1. The van der Waals surface area contributed by atoms with Gasteiger partial charge < -0.3 is 14.6 Å². The first-order chi connectivity index (χ1) is 32.6. The van der Waals surface area contributed by atoms with E-state index in [1.54, 1.807) is 0 Å². The molecule has 394 valence electrons. The van der Waals surface area contributed by atoms with Crippen molar-refractivity contribution in [3.63, 3.8) is 0 Å². The van der Waals surface area contributed by atoms with E-state index in [0.29, 0.717) is 12.8 Å². The molecule has 0 heterocycles. The van der Waals surface area contributed by atoms with E-state index in [0.717, 1.165) is 32.1 Å². The standard InChI is InChI=1S/C61H120O5/c1-3-5-7-9-11-13-15-17-19-21-23-25-26-27-28-29-30-31-32-33-34-36-38-40-42-44-46-48-50-52-54-56-61(64)66-59(57-62)58-65-60(63)55-53-51-49-47-45-43-41-39-37-35-24-22-20-18-16-14-12-10-8-6-4-2/h59,62H,3-58H2,1-2H3. The van der Waals surface area contributed by atoms with E-state index in [2.05, 4.69) is 13.8 Å². The molecule has 0 saturated heterocycles. The van der Waals surface area contributed by atoms with Gasteiger partial charge in [-0.25, -0.2) is 0 Å². The lowest BCUT2D eigenvalue weighted by atomic mass is 10.0. The maximum Gasteiger partial charge on any atom is 0.306 e. The third-order valence-corrected chi connectivity index (χ3v) is 14.4. The maximum absolute atomic E-state index is 12.3. The van der Waals surface area contributed by atoms with E-state index < -0.39 is 6.10 Å². The van der Waals surface area contributed by atoms with Crippen LogP contribution in [0.15, 0.2) is 0 Å². The van der Waals surface area contributed by atoms with Gasteiger partial charge in [0.25, 0.3) is 0 Å². The Morgan fingerprint density at radius 1 is 0.288 bits per heavy atom. The Labute approximate surface area is 414 Å². The number of aliphatic hydroxyl groups is 1. The van der Waals surface area contributed by atoms with E-state index in [1.807, 2.05) is 0 Å². The first-order valence-electron chi connectivity index (χ1n) is 30.6. The van der Waals surface area contributed by atoms with Crippen molar-refractivity contribution >= 4 is 11.9 Å². The Balaban J connectivity index is 3.37. The molecule has 0 rings (SSSR count). The monoisotopic (exact) mass is 933 g/mol. The topological polar surface area (TPSA) is 72.8 Å². The van der Waals surface area contributed by atoms with Crippen LogP contribution in [0.4, 0.5) is 0 Å². The highest BCUT2D eigenvalue weighted by molar-refractivity contribution is 5.70. The summed E-state index contributed by atoms with van der Waals surface area (Å²) in [6.45, 7) is 4.22. The molecule has 0 saturated carbocycles. The number of carbonyl (C=O) groups excluding carboxylic acids is 2. The average molecular weight is 934 g/mol. The van der Waals surface area contributed by atoms with E-state index in [4.69, 9.17) is 9.47 Å². The molecule has 1 atom stereocenters. The van der Waals surface area contributed by atoms with Crippen LogP contribution >= 0.6 is 0 Å². The highest BCUT2D eigenvalue weighted by Gasteiger charge is 2.16. The first-order valence-corrected chi connectivity index (χ1v) is 30.6. The third kappa shape index (κ3) is 55.5. The summed E-state index contributed by atoms with van der Waals surface area (Å²) in [6, 6.07) is 0. The van der Waals surface area contributed by atoms with E-state index in [9.17, 15) is 14.7 Å². The second-order valence-corrected chi connectivity index (χ2v) is 21.2. The number of hydrogen-bond acceptors (Lipinski definition) is 5. The molecule has 5 heteroatoms. The van der Waals surface area contributed by atoms with Crippen LogP contribution in [0.2, 0.25) is 0 Å². The summed E-state index contributed by atoms with van der Waals surface area (Å²) in [6.07, 6.45) is 71.1. The van der Waals surface area contributed by atoms with Crippen molar-refractivity contribution < 1.29 is 24.2 Å². The maximum atomic E-state index is 12.3. The number of ether oxygens (including phenoxy) is 2. The summed E-state index contributed by atoms with van der Waals surface area (Å²) in [5.74, 6) is -0.562. The van der Waals surface area contributed by atoms with Crippen molar-refractivity contribution in [1.29, 1.82) is 0 Å². The number of carbonyl (C=O) groups is 2. The van der Waals surface area contributed by atoms with Gasteiger partial charge in [-0.2, -0.15) is 0 Å². The zero-order valence-corrected chi connectivity index (χ0v) is 45.3. The summed E-state index contributed by atoms with van der Waals surface area (Å²) in [5.41, 5.74) is 0. The minimum Gasteiger partial charge on any atom is -0.462 e. The van der Waals surface area contributed by atoms with Gasteiger partial charge in [0.1, 0.15) is 6.61 Å². The molecule has 66 heavy (non-hydrogen) atoms. The van der Waals surface area contributed by atoms with Gasteiger partial charge in [0, 0.05) is 12.8 Å². The van der Waals surface area contributed by atoms with Crippen molar-refractivity contribution in [2.24, 2.45) is 0 Å². The van der Waals surface area contributed by atoms with E-state index >= 15 is 0 Å². The number of aliphatic hydroxyl groups excluding tert-OH is 1. The number of rotatable bonds is 58. The predicted octanol–water partition coefficient (Wildman–Crippen LogP) is 20.5. The molecule has 1 N–H and O–H groups in total. The summed E-state index contributed by atoms with van der Waals surface area (Å²) >= 11 is 0. The van der Waals surface area contributed by atoms with Crippen LogP contribution in [0.1, 0.15) is 361 Å². The molecule has 0 aromatic heterocycles. The van der Waals surface area contributed by atoms with Gasteiger partial charge in [-0.1, -0.05) is 335 Å². The predicted molar refractivity (Wildman–Crippen MR) is 289 cm³/mol. The normalized spacial score (nSPS) is 12.0. The van der Waals surface area contributed by atoms with Gasteiger partial charge in [0.15, 0.2) is 6.10 Å². The van der Waals surface area contributed by atoms with Crippen LogP contribution in [0.3, 0.4) is 0 Å². The Morgan fingerprint density at radius 3 is 0.667 bits per heavy atom. The zero-order chi connectivity index (χ0) is 47.7. The summed E-state index contributed by atoms with van der Waals surface area (Å²) in [7, 11) is 0. The van der Waals surface area contributed by atoms with Crippen LogP contribution < -0.4 is 0 Å². The van der Waals surface area contributed by atoms with E-state index in [1.165, 1.54) is 302 Å². The summed E-state index contributed by atoms with van der Waals surface area (Å²) < 4.78 is 10.7. The third-order valence-electron chi connectivity index (χ3n) is 14.4. The van der Waals surface area contributed by atoms with Crippen LogP contribution in [0.25, 0.3) is 0 Å². The molecular weight excluding hydrogens is 813 g/mol. The number of unbranched alkanes of at least 4 members (excludes halogenated alkanes) is 50. The first kappa shape index (κ1) is 64.9. The molecule has 0 spiro atoms. The van der Waals surface area contributed by atoms with Crippen LogP contribution in [-0.4, -0.2) is 36.4 Å². The molecule has 5 nitrogen and oxygen atoms in total. The molecule has 0 aliphatic carbocycles. The number of esters is 2. The van der Waals surface area contributed by atoms with Crippen molar-refractivity contribution in [2.45, 2.75) is 367 Å². The molecule has 0 aromatic carbocycles. The molecule has 0 fully saturated rings. The fourth-order valence-corrected chi connectivity index (χ4v) is 9.80. The highest BCUT2D eigenvalue weighted by atomic mass is 16.6.